The summed E-state index contributed by atoms with van der Waals surface area (Å²) in [5.41, 5.74) is 2.44. The maximum absolute atomic E-state index is 13.0. The second kappa shape index (κ2) is 5.36. The second-order valence-corrected chi connectivity index (χ2v) is 6.52. The minimum Gasteiger partial charge on any atom is -0.312 e. The van der Waals surface area contributed by atoms with Gasteiger partial charge in [0.05, 0.1) is 0 Å². The quantitative estimate of drug-likeness (QED) is 0.851. The first-order valence-electron chi connectivity index (χ1n) is 7.85. The van der Waals surface area contributed by atoms with Crippen LogP contribution in [0.25, 0.3) is 0 Å². The summed E-state index contributed by atoms with van der Waals surface area (Å²) in [7, 11) is 0. The van der Waals surface area contributed by atoms with Crippen molar-refractivity contribution < 1.29 is 4.39 Å². The Hall–Kier alpha value is -1.94. The molecule has 0 N–H and O–H groups in total. The normalized spacial score (nSPS) is 24.0. The average molecular weight is 298 g/mol. The molecule has 4 rings (SSSR count). The molecule has 0 amide bonds. The Bertz CT molecular complexity index is 737. The van der Waals surface area contributed by atoms with Gasteiger partial charge in [0.1, 0.15) is 5.82 Å². The zero-order valence-corrected chi connectivity index (χ0v) is 12.4. The first-order valence-corrected chi connectivity index (χ1v) is 7.85. The number of likely N-dealkylation sites (tertiary alicyclic amines) is 1. The van der Waals surface area contributed by atoms with Crippen LogP contribution in [-0.2, 0) is 13.1 Å². The number of hydrogen-bond donors (Lipinski definition) is 0. The number of halogens is 1. The van der Waals surface area contributed by atoms with Gasteiger partial charge in [-0.05, 0) is 36.1 Å². The van der Waals surface area contributed by atoms with Crippen LogP contribution in [-0.4, -0.2) is 22.6 Å². The van der Waals surface area contributed by atoms with E-state index in [0.29, 0.717) is 11.8 Å². The highest BCUT2D eigenvalue weighted by Gasteiger charge is 2.34. The van der Waals surface area contributed by atoms with Gasteiger partial charge in [-0.3, -0.25) is 9.69 Å². The molecule has 2 aromatic rings. The van der Waals surface area contributed by atoms with Crippen molar-refractivity contribution >= 4 is 0 Å². The van der Waals surface area contributed by atoms with E-state index in [0.717, 1.165) is 31.7 Å². The van der Waals surface area contributed by atoms with Crippen molar-refractivity contribution in [3.05, 3.63) is 69.9 Å². The Kier molecular flexibility index (Phi) is 3.34. The predicted octanol–water partition coefficient (Wildman–Crippen LogP) is 2.61. The van der Waals surface area contributed by atoms with Crippen molar-refractivity contribution in [1.29, 1.82) is 0 Å². The second-order valence-electron chi connectivity index (χ2n) is 6.52. The fourth-order valence-electron chi connectivity index (χ4n) is 3.97. The lowest BCUT2D eigenvalue weighted by molar-refractivity contribution is 0.114. The van der Waals surface area contributed by atoms with E-state index in [1.807, 2.05) is 22.8 Å². The Balaban J connectivity index is 1.56. The van der Waals surface area contributed by atoms with Gasteiger partial charge in [-0.15, -0.1) is 0 Å². The number of pyridine rings is 1. The molecule has 2 atom stereocenters. The van der Waals surface area contributed by atoms with E-state index in [-0.39, 0.29) is 11.4 Å². The topological polar surface area (TPSA) is 25.2 Å². The van der Waals surface area contributed by atoms with E-state index < -0.39 is 0 Å². The first-order chi connectivity index (χ1) is 10.7. The molecule has 114 valence electrons. The lowest BCUT2D eigenvalue weighted by atomic mass is 9.83. The zero-order chi connectivity index (χ0) is 15.1. The van der Waals surface area contributed by atoms with Gasteiger partial charge in [-0.25, -0.2) is 4.39 Å². The average Bonchev–Trinajstić information content (AvgIpc) is 2.51. The molecule has 1 aromatic carbocycles. The van der Waals surface area contributed by atoms with Crippen LogP contribution in [0.4, 0.5) is 4.39 Å². The third-order valence-corrected chi connectivity index (χ3v) is 4.87. The minimum absolute atomic E-state index is 0.124. The molecule has 1 aromatic heterocycles. The number of piperidine rings is 1. The highest BCUT2D eigenvalue weighted by atomic mass is 19.1. The van der Waals surface area contributed by atoms with E-state index in [4.69, 9.17) is 0 Å². The lowest BCUT2D eigenvalue weighted by Crippen LogP contribution is -2.46. The van der Waals surface area contributed by atoms with Gasteiger partial charge in [0.2, 0.25) is 0 Å². The van der Waals surface area contributed by atoms with Crippen LogP contribution in [0.1, 0.15) is 23.6 Å². The van der Waals surface area contributed by atoms with Crippen LogP contribution in [0, 0.1) is 11.7 Å². The van der Waals surface area contributed by atoms with Gasteiger partial charge >= 0.3 is 0 Å². The standard InChI is InChI=1S/C18H19FN2O/c19-16-6-4-13(5-7-16)9-20-10-14-8-15(12-20)17-2-1-3-18(22)21(17)11-14/h1-7,14-15H,8-12H2/t14-,15+/m1/s1. The van der Waals surface area contributed by atoms with E-state index in [2.05, 4.69) is 11.0 Å². The summed E-state index contributed by atoms with van der Waals surface area (Å²) in [5.74, 6) is 0.779. The van der Waals surface area contributed by atoms with Crippen molar-refractivity contribution in [2.45, 2.75) is 25.4 Å². The SMILES string of the molecule is O=c1cccc2n1C[C@@H]1C[C@H]2CN(Cc2ccc(F)cc2)C1. The molecule has 0 saturated carbocycles. The summed E-state index contributed by atoms with van der Waals surface area (Å²) in [6.45, 7) is 3.65. The van der Waals surface area contributed by atoms with Crippen LogP contribution in [0.5, 0.6) is 0 Å². The molecule has 2 aliphatic heterocycles. The van der Waals surface area contributed by atoms with Crippen molar-refractivity contribution in [2.24, 2.45) is 5.92 Å². The molecule has 22 heavy (non-hydrogen) atoms. The fourth-order valence-corrected chi connectivity index (χ4v) is 3.97. The molecule has 3 heterocycles. The number of aromatic nitrogens is 1. The Morgan fingerprint density at radius 2 is 1.86 bits per heavy atom. The van der Waals surface area contributed by atoms with E-state index in [1.54, 1.807) is 6.07 Å². The zero-order valence-electron chi connectivity index (χ0n) is 12.4. The molecule has 0 spiro atoms. The summed E-state index contributed by atoms with van der Waals surface area (Å²) >= 11 is 0. The highest BCUT2D eigenvalue weighted by Crippen LogP contribution is 2.35. The van der Waals surface area contributed by atoms with E-state index in [9.17, 15) is 9.18 Å². The Labute approximate surface area is 129 Å². The van der Waals surface area contributed by atoms with Gasteiger partial charge < -0.3 is 4.57 Å². The molecule has 1 saturated heterocycles. The number of rotatable bonds is 2. The maximum Gasteiger partial charge on any atom is 0.250 e. The Morgan fingerprint density at radius 1 is 1.05 bits per heavy atom. The van der Waals surface area contributed by atoms with Gasteiger partial charge in [0.15, 0.2) is 0 Å². The molecular weight excluding hydrogens is 279 g/mol. The largest absolute Gasteiger partial charge is 0.312 e. The molecule has 2 aliphatic rings. The number of fused-ring (bicyclic) bond motifs is 4. The van der Waals surface area contributed by atoms with Crippen LogP contribution < -0.4 is 5.56 Å². The molecule has 0 unspecified atom stereocenters. The molecule has 1 fully saturated rings. The summed E-state index contributed by atoms with van der Waals surface area (Å²) in [4.78, 5) is 14.5. The van der Waals surface area contributed by atoms with Gasteiger partial charge in [-0.1, -0.05) is 18.2 Å². The molecule has 0 aliphatic carbocycles. The molecule has 2 bridgehead atoms. The van der Waals surface area contributed by atoms with Crippen molar-refractivity contribution in [1.82, 2.24) is 9.47 Å². The van der Waals surface area contributed by atoms with E-state index in [1.165, 1.54) is 24.2 Å². The summed E-state index contributed by atoms with van der Waals surface area (Å²) < 4.78 is 15.0. The predicted molar refractivity (Wildman–Crippen MR) is 83.2 cm³/mol. The number of benzene rings is 1. The molecule has 0 radical (unpaired) electrons. The van der Waals surface area contributed by atoms with Gasteiger partial charge in [0.25, 0.3) is 5.56 Å². The Morgan fingerprint density at radius 3 is 2.68 bits per heavy atom. The third-order valence-electron chi connectivity index (χ3n) is 4.87. The fraction of sp³-hybridized carbons (Fsp3) is 0.389. The summed E-state index contributed by atoms with van der Waals surface area (Å²) in [5, 5.41) is 0. The van der Waals surface area contributed by atoms with Crippen molar-refractivity contribution in [2.75, 3.05) is 13.1 Å². The van der Waals surface area contributed by atoms with Crippen LogP contribution in [0.3, 0.4) is 0 Å². The van der Waals surface area contributed by atoms with E-state index >= 15 is 0 Å². The van der Waals surface area contributed by atoms with Gasteiger partial charge in [-0.2, -0.15) is 0 Å². The van der Waals surface area contributed by atoms with Crippen LogP contribution in [0.15, 0.2) is 47.3 Å². The maximum atomic E-state index is 13.0. The van der Waals surface area contributed by atoms with Crippen LogP contribution >= 0.6 is 0 Å². The molecule has 4 heteroatoms. The van der Waals surface area contributed by atoms with Crippen molar-refractivity contribution in [3.63, 3.8) is 0 Å². The minimum atomic E-state index is -0.187. The lowest BCUT2D eigenvalue weighted by Gasteiger charge is -2.42. The smallest absolute Gasteiger partial charge is 0.250 e. The van der Waals surface area contributed by atoms with Crippen LogP contribution in [0.2, 0.25) is 0 Å². The third kappa shape index (κ3) is 2.48. The molecule has 3 nitrogen and oxygen atoms in total. The monoisotopic (exact) mass is 298 g/mol. The first kappa shape index (κ1) is 13.7. The molecular formula is C18H19FN2O. The van der Waals surface area contributed by atoms with Gasteiger partial charge in [0, 0.05) is 43.9 Å². The number of hydrogen-bond acceptors (Lipinski definition) is 2. The summed E-state index contributed by atoms with van der Waals surface area (Å²) in [6.07, 6.45) is 1.17. The number of nitrogens with zero attached hydrogens (tertiary/aromatic N) is 2. The van der Waals surface area contributed by atoms with Crippen molar-refractivity contribution in [3.8, 4) is 0 Å². The highest BCUT2D eigenvalue weighted by molar-refractivity contribution is 5.19. The summed E-state index contributed by atoms with van der Waals surface area (Å²) in [6, 6.07) is 12.4.